The van der Waals surface area contributed by atoms with Crippen molar-refractivity contribution in [2.24, 2.45) is 0 Å². The molecule has 0 saturated heterocycles. The van der Waals surface area contributed by atoms with Crippen molar-refractivity contribution in [1.29, 1.82) is 0 Å². The Kier molecular flexibility index (Phi) is 3.85. The molecule has 0 aliphatic heterocycles. The van der Waals surface area contributed by atoms with Gasteiger partial charge in [0, 0.05) is 5.56 Å². The van der Waals surface area contributed by atoms with Gasteiger partial charge in [-0.05, 0) is 23.3 Å². The molecule has 0 heterocycles. The molecule has 0 radical (unpaired) electrons. The van der Waals surface area contributed by atoms with Gasteiger partial charge >= 0.3 is 27.3 Å². The Morgan fingerprint density at radius 2 is 1.67 bits per heavy atom. The van der Waals surface area contributed by atoms with Gasteiger partial charge in [0.05, 0.1) is 5.97 Å². The minimum atomic E-state index is -1.12. The molecule has 15 heavy (non-hydrogen) atoms. The summed E-state index contributed by atoms with van der Waals surface area (Å²) >= 11 is 0. The van der Waals surface area contributed by atoms with E-state index in [1.165, 1.54) is 0 Å². The molecule has 72 valence electrons. The molecule has 0 spiro atoms. The van der Waals surface area contributed by atoms with Gasteiger partial charge < -0.3 is 9.90 Å². The van der Waals surface area contributed by atoms with Gasteiger partial charge in [-0.25, -0.2) is 0 Å². The summed E-state index contributed by atoms with van der Waals surface area (Å²) in [5, 5.41) is 12.5. The third-order valence-corrected chi connectivity index (χ3v) is 2.36. The van der Waals surface area contributed by atoms with E-state index in [2.05, 4.69) is 0 Å². The van der Waals surface area contributed by atoms with E-state index in [0.717, 1.165) is 16.3 Å². The number of fused-ring (bicyclic) bond motifs is 1. The van der Waals surface area contributed by atoms with Crippen molar-refractivity contribution >= 4 is 44.0 Å². The van der Waals surface area contributed by atoms with Crippen LogP contribution < -0.4 is 5.11 Å². The second kappa shape index (κ2) is 4.74. The van der Waals surface area contributed by atoms with Crippen LogP contribution in [0.2, 0.25) is 0 Å². The number of carboxylic acid groups (broad SMARTS) is 1. The van der Waals surface area contributed by atoms with Gasteiger partial charge in [0.2, 0.25) is 0 Å². The van der Waals surface area contributed by atoms with E-state index in [-0.39, 0.29) is 32.9 Å². The number of hydrogen-bond donors (Lipinski definition) is 0. The molecule has 0 aliphatic rings. The maximum absolute atomic E-state index is 10.8. The van der Waals surface area contributed by atoms with Gasteiger partial charge in [-0.15, -0.1) is 0 Å². The van der Waals surface area contributed by atoms with Crippen molar-refractivity contribution in [3.05, 3.63) is 47.5 Å². The number of hydrogen-bond acceptors (Lipinski definition) is 2. The summed E-state index contributed by atoms with van der Waals surface area (Å²) < 4.78 is 0. The monoisotopic (exact) mass is 390 g/mol. The largest absolute Gasteiger partial charge is 1.00 e. The number of benzene rings is 2. The number of rotatable bonds is 1. The fourth-order valence-corrected chi connectivity index (χ4v) is 1.63. The normalized spacial score (nSPS) is 9.67. The summed E-state index contributed by atoms with van der Waals surface area (Å²) in [4.78, 5) is 10.8. The molecule has 0 aromatic heterocycles. The number of carboxylic acids is 1. The van der Waals surface area contributed by atoms with Crippen LogP contribution in [0.5, 0.6) is 0 Å². The quantitative estimate of drug-likeness (QED) is 0.686. The Morgan fingerprint density at radius 1 is 1.07 bits per heavy atom. The maximum atomic E-state index is 10.8. The van der Waals surface area contributed by atoms with Crippen LogP contribution in [0, 0.1) is 6.92 Å². The SMILES string of the molecule is Cc1ccc(C(=O)[O-])c2ccccc12.[Tl+]. The predicted molar refractivity (Wildman–Crippen MR) is 58.8 cm³/mol. The zero-order chi connectivity index (χ0) is 10.1. The first kappa shape index (κ1) is 12.2. The van der Waals surface area contributed by atoms with Crippen LogP contribution in [-0.4, -0.2) is 33.3 Å². The Labute approximate surface area is 108 Å². The Bertz CT molecular complexity index is 506. The molecular weight excluding hydrogens is 381 g/mol. The molecular formula is C12H9O2Tl. The van der Waals surface area contributed by atoms with Crippen LogP contribution in [0.1, 0.15) is 15.9 Å². The summed E-state index contributed by atoms with van der Waals surface area (Å²) in [5.74, 6) is -1.12. The van der Waals surface area contributed by atoms with E-state index in [4.69, 9.17) is 0 Å². The molecule has 0 N–H and O–H groups in total. The standard InChI is InChI=1S/C12H10O2.Tl/c1-8-6-7-11(12(13)14)10-5-3-2-4-9(8)10;/h2-7H,1H3,(H,13,14);/q;+1/p-1. The molecule has 3 heteroatoms. The Morgan fingerprint density at radius 3 is 2.27 bits per heavy atom. The van der Waals surface area contributed by atoms with Gasteiger partial charge in [-0.2, -0.15) is 0 Å². The molecule has 0 bridgehead atoms. The average Bonchev–Trinajstić information content (AvgIpc) is 2.18. The van der Waals surface area contributed by atoms with E-state index < -0.39 is 5.97 Å². The van der Waals surface area contributed by atoms with E-state index >= 15 is 0 Å². The average molecular weight is 390 g/mol. The van der Waals surface area contributed by atoms with Gasteiger partial charge in [0.15, 0.2) is 0 Å². The third kappa shape index (κ3) is 2.19. The topological polar surface area (TPSA) is 40.1 Å². The third-order valence-electron chi connectivity index (χ3n) is 2.36. The molecule has 2 aromatic rings. The van der Waals surface area contributed by atoms with Crippen molar-refractivity contribution < 1.29 is 9.90 Å². The van der Waals surface area contributed by atoms with Crippen molar-refractivity contribution in [3.8, 4) is 0 Å². The fourth-order valence-electron chi connectivity index (χ4n) is 1.63. The fraction of sp³-hybridized carbons (Fsp3) is 0.0833. The van der Waals surface area contributed by atoms with Crippen LogP contribution >= 0.6 is 0 Å². The maximum Gasteiger partial charge on any atom is 1.00 e. The first-order valence-electron chi connectivity index (χ1n) is 4.40. The van der Waals surface area contributed by atoms with Crippen molar-refractivity contribution in [1.82, 2.24) is 0 Å². The van der Waals surface area contributed by atoms with Crippen molar-refractivity contribution in [2.45, 2.75) is 6.92 Å². The Hall–Kier alpha value is -0.908. The van der Waals surface area contributed by atoms with Crippen LogP contribution in [-0.2, 0) is 0 Å². The van der Waals surface area contributed by atoms with Crippen LogP contribution in [0.25, 0.3) is 10.8 Å². The van der Waals surface area contributed by atoms with Crippen molar-refractivity contribution in [3.63, 3.8) is 0 Å². The summed E-state index contributed by atoms with van der Waals surface area (Å²) in [5.41, 5.74) is 1.33. The zero-order valence-electron chi connectivity index (χ0n) is 8.36. The molecule has 0 atom stereocenters. The van der Waals surface area contributed by atoms with E-state index in [0.29, 0.717) is 0 Å². The number of carbonyl (C=O) groups is 1. The van der Waals surface area contributed by atoms with Crippen LogP contribution in [0.4, 0.5) is 0 Å². The summed E-state index contributed by atoms with van der Waals surface area (Å²) in [7, 11) is 0. The minimum Gasteiger partial charge on any atom is -0.545 e. The van der Waals surface area contributed by atoms with Gasteiger partial charge in [-0.3, -0.25) is 0 Å². The molecule has 0 fully saturated rings. The Balaban J connectivity index is 0.00000112. The summed E-state index contributed by atoms with van der Waals surface area (Å²) in [6.07, 6.45) is 0. The second-order valence-corrected chi connectivity index (χ2v) is 3.26. The van der Waals surface area contributed by atoms with Gasteiger partial charge in [0.25, 0.3) is 0 Å². The van der Waals surface area contributed by atoms with E-state index in [9.17, 15) is 9.90 Å². The van der Waals surface area contributed by atoms with Crippen LogP contribution in [0.3, 0.4) is 0 Å². The predicted octanol–water partition coefficient (Wildman–Crippen LogP) is 1.13. The van der Waals surface area contributed by atoms with E-state index in [1.807, 2.05) is 25.1 Å². The van der Waals surface area contributed by atoms with Crippen molar-refractivity contribution in [2.75, 3.05) is 0 Å². The zero-order valence-corrected chi connectivity index (χ0v) is 12.8. The first-order valence-corrected chi connectivity index (χ1v) is 4.40. The summed E-state index contributed by atoms with van der Waals surface area (Å²) in [6.45, 7) is 1.96. The molecule has 2 aromatic carbocycles. The minimum absolute atomic E-state index is 0. The number of carbonyl (C=O) groups excluding carboxylic acids is 1. The molecule has 0 aliphatic carbocycles. The molecule has 2 nitrogen and oxygen atoms in total. The molecule has 2 rings (SSSR count). The van der Waals surface area contributed by atoms with Gasteiger partial charge in [0.1, 0.15) is 0 Å². The van der Waals surface area contributed by atoms with Gasteiger partial charge in [-0.1, -0.05) is 36.4 Å². The second-order valence-electron chi connectivity index (χ2n) is 3.26. The number of aryl methyl sites for hydroxylation is 1. The molecule has 0 unspecified atom stereocenters. The molecule has 0 amide bonds. The smallest absolute Gasteiger partial charge is 0.545 e. The molecule has 0 saturated carbocycles. The van der Waals surface area contributed by atoms with Crippen LogP contribution in [0.15, 0.2) is 36.4 Å². The summed E-state index contributed by atoms with van der Waals surface area (Å²) in [6, 6.07) is 10.8. The van der Waals surface area contributed by atoms with E-state index in [1.54, 1.807) is 18.2 Å². The number of aromatic carboxylic acids is 1. The first-order chi connectivity index (χ1) is 6.70.